The Hall–Kier alpha value is -4.78. The monoisotopic (exact) mass is 556 g/mol. The van der Waals surface area contributed by atoms with Crippen molar-refractivity contribution in [1.29, 1.82) is 5.26 Å². The number of fused-ring (bicyclic) bond motifs is 1. The summed E-state index contributed by atoms with van der Waals surface area (Å²) < 4.78 is 15.8. The molecule has 1 aliphatic carbocycles. The summed E-state index contributed by atoms with van der Waals surface area (Å²) in [5.74, 6) is -0.365. The maximum atomic E-state index is 14.0. The molecule has 0 bridgehead atoms. The van der Waals surface area contributed by atoms with Crippen molar-refractivity contribution in [3.63, 3.8) is 0 Å². The van der Waals surface area contributed by atoms with Gasteiger partial charge in [-0.05, 0) is 60.2 Å². The van der Waals surface area contributed by atoms with Crippen molar-refractivity contribution in [3.05, 3.63) is 95.8 Å². The zero-order valence-electron chi connectivity index (χ0n) is 23.8. The van der Waals surface area contributed by atoms with E-state index in [0.29, 0.717) is 52.0 Å². The molecule has 3 aromatic heterocycles. The number of nitrogens with one attached hydrogen (secondary N) is 2. The van der Waals surface area contributed by atoms with E-state index >= 15 is 0 Å². The summed E-state index contributed by atoms with van der Waals surface area (Å²) in [5, 5.41) is 26.5. The first-order valence-electron chi connectivity index (χ1n) is 13.9. The van der Waals surface area contributed by atoms with Gasteiger partial charge in [0, 0.05) is 35.6 Å². The number of hydrogen-bond donors (Lipinski definition) is 2. The van der Waals surface area contributed by atoms with E-state index in [-0.39, 0.29) is 11.2 Å². The molecule has 0 saturated heterocycles. The molecule has 1 fully saturated rings. The second kappa shape index (κ2) is 10.6. The van der Waals surface area contributed by atoms with Gasteiger partial charge >= 0.3 is 0 Å². The van der Waals surface area contributed by atoms with Crippen molar-refractivity contribution in [2.75, 3.05) is 17.2 Å². The van der Waals surface area contributed by atoms with E-state index in [1.165, 1.54) is 12.1 Å². The van der Waals surface area contributed by atoms with Crippen LogP contribution < -0.4 is 10.6 Å². The third-order valence-electron chi connectivity index (χ3n) is 7.30. The second-order valence-electron chi connectivity index (χ2n) is 12.0. The molecule has 0 spiro atoms. The molecule has 1 aliphatic rings. The van der Waals surface area contributed by atoms with Crippen LogP contribution in [0.5, 0.6) is 0 Å². The van der Waals surface area contributed by atoms with Gasteiger partial charge in [-0.15, -0.1) is 5.10 Å². The number of aromatic nitrogens is 5. The summed E-state index contributed by atoms with van der Waals surface area (Å²) >= 11 is 0. The molecule has 1 saturated carbocycles. The third-order valence-corrected chi connectivity index (χ3v) is 7.30. The maximum absolute atomic E-state index is 14.0. The standard InChI is InChI=1S/C32H30BFN8/c1-31(2,3)19-38-29-20(16-35)17-37-30-25(27-6-4-5-13-36-27)14-23(15-26(29)30)39-32(33,21-7-9-22(34)10-8-21)28-18-42(41-40-28)24-11-12-24/h4-10,13-15,17-18,24,39H,11-12,19H2,1-3H3,(H,37,38). The summed E-state index contributed by atoms with van der Waals surface area (Å²) in [6, 6.07) is 18.2. The predicted octanol–water partition coefficient (Wildman–Crippen LogP) is 6.17. The molecule has 0 aliphatic heterocycles. The Morgan fingerprint density at radius 3 is 2.55 bits per heavy atom. The molecule has 2 radical (unpaired) electrons. The second-order valence-corrected chi connectivity index (χ2v) is 12.0. The van der Waals surface area contributed by atoms with E-state index in [9.17, 15) is 9.65 Å². The molecule has 1 atom stereocenters. The minimum atomic E-state index is -1.35. The van der Waals surface area contributed by atoms with E-state index in [4.69, 9.17) is 12.8 Å². The zero-order valence-corrected chi connectivity index (χ0v) is 23.8. The van der Waals surface area contributed by atoms with Gasteiger partial charge in [0.05, 0.1) is 40.1 Å². The molecular formula is C32H30BFN8. The van der Waals surface area contributed by atoms with Crippen LogP contribution in [-0.4, -0.2) is 39.4 Å². The van der Waals surface area contributed by atoms with Gasteiger partial charge in [0.2, 0.25) is 0 Å². The first kappa shape index (κ1) is 27.4. The highest BCUT2D eigenvalue weighted by atomic mass is 19.1. The first-order chi connectivity index (χ1) is 20.1. The van der Waals surface area contributed by atoms with Crippen LogP contribution in [0.4, 0.5) is 15.8 Å². The lowest BCUT2D eigenvalue weighted by Gasteiger charge is -2.32. The zero-order chi connectivity index (χ0) is 29.5. The molecule has 208 valence electrons. The molecule has 5 aromatic rings. The van der Waals surface area contributed by atoms with Crippen LogP contribution >= 0.6 is 0 Å². The molecule has 2 aromatic carbocycles. The average Bonchev–Trinajstić information content (AvgIpc) is 3.71. The Balaban J connectivity index is 1.55. The van der Waals surface area contributed by atoms with Gasteiger partial charge in [0.1, 0.15) is 25.4 Å². The van der Waals surface area contributed by atoms with Crippen LogP contribution in [-0.2, 0) is 5.44 Å². The Bertz CT molecular complexity index is 1790. The largest absolute Gasteiger partial charge is 0.383 e. The highest BCUT2D eigenvalue weighted by Crippen LogP contribution is 2.39. The van der Waals surface area contributed by atoms with Crippen molar-refractivity contribution < 1.29 is 4.39 Å². The number of benzene rings is 2. The van der Waals surface area contributed by atoms with Crippen LogP contribution in [0.2, 0.25) is 0 Å². The van der Waals surface area contributed by atoms with Crippen LogP contribution in [0.15, 0.2) is 73.2 Å². The Morgan fingerprint density at radius 2 is 1.88 bits per heavy atom. The highest BCUT2D eigenvalue weighted by Gasteiger charge is 2.34. The van der Waals surface area contributed by atoms with E-state index < -0.39 is 5.44 Å². The Kier molecular flexibility index (Phi) is 6.89. The lowest BCUT2D eigenvalue weighted by molar-refractivity contribution is 0.443. The molecular weight excluding hydrogens is 526 g/mol. The summed E-state index contributed by atoms with van der Waals surface area (Å²) in [6.07, 6.45) is 7.25. The number of hydrogen-bond acceptors (Lipinski definition) is 7. The number of nitriles is 1. The minimum Gasteiger partial charge on any atom is -0.383 e. The molecule has 3 heterocycles. The van der Waals surface area contributed by atoms with Crippen molar-refractivity contribution in [2.24, 2.45) is 5.41 Å². The van der Waals surface area contributed by atoms with Gasteiger partial charge in [-0.2, -0.15) is 5.26 Å². The quantitative estimate of drug-likeness (QED) is 0.220. The summed E-state index contributed by atoms with van der Waals surface area (Å²) in [6.45, 7) is 7.02. The van der Waals surface area contributed by atoms with E-state index in [2.05, 4.69) is 52.8 Å². The molecule has 42 heavy (non-hydrogen) atoms. The van der Waals surface area contributed by atoms with E-state index in [0.717, 1.165) is 23.8 Å². The molecule has 1 unspecified atom stereocenters. The fourth-order valence-electron chi connectivity index (χ4n) is 4.92. The summed E-state index contributed by atoms with van der Waals surface area (Å²) in [7, 11) is 7.15. The molecule has 8 nitrogen and oxygen atoms in total. The third kappa shape index (κ3) is 5.42. The molecule has 0 amide bonds. The van der Waals surface area contributed by atoms with Gasteiger partial charge < -0.3 is 10.6 Å². The highest BCUT2D eigenvalue weighted by molar-refractivity contribution is 6.19. The number of anilines is 2. The normalized spacial score (nSPS) is 14.7. The van der Waals surface area contributed by atoms with Crippen molar-refractivity contribution in [2.45, 2.75) is 45.1 Å². The Labute approximate surface area is 245 Å². The lowest BCUT2D eigenvalue weighted by Crippen LogP contribution is -2.37. The first-order valence-corrected chi connectivity index (χ1v) is 13.9. The SMILES string of the molecule is [B]C(Nc1cc(-c2ccccn2)c2ncc(C#N)c(NCC(C)(C)C)c2c1)(c1ccc(F)cc1)c1cn(C2CC2)nn1. The van der Waals surface area contributed by atoms with Crippen LogP contribution in [0.25, 0.3) is 22.2 Å². The van der Waals surface area contributed by atoms with Gasteiger partial charge in [0.15, 0.2) is 0 Å². The maximum Gasteiger partial charge on any atom is 0.123 e. The van der Waals surface area contributed by atoms with Crippen LogP contribution in [0, 0.1) is 22.6 Å². The fourth-order valence-corrected chi connectivity index (χ4v) is 4.92. The number of pyridine rings is 2. The van der Waals surface area contributed by atoms with Gasteiger partial charge in [-0.25, -0.2) is 9.07 Å². The Morgan fingerprint density at radius 1 is 1.10 bits per heavy atom. The number of halogens is 1. The summed E-state index contributed by atoms with van der Waals surface area (Å²) in [5.41, 5.74) is 3.65. The topological polar surface area (TPSA) is 104 Å². The lowest BCUT2D eigenvalue weighted by atomic mass is 9.69. The average molecular weight is 556 g/mol. The number of rotatable bonds is 8. The van der Waals surface area contributed by atoms with Crippen LogP contribution in [0.1, 0.15) is 56.5 Å². The summed E-state index contributed by atoms with van der Waals surface area (Å²) in [4.78, 5) is 9.30. The van der Waals surface area contributed by atoms with Gasteiger partial charge in [-0.3, -0.25) is 9.97 Å². The molecule has 10 heteroatoms. The van der Waals surface area contributed by atoms with E-state index in [1.807, 2.05) is 41.2 Å². The van der Waals surface area contributed by atoms with Gasteiger partial charge in [-0.1, -0.05) is 44.2 Å². The molecule has 6 rings (SSSR count). The minimum absolute atomic E-state index is 0.0373. The van der Waals surface area contributed by atoms with Gasteiger partial charge in [0.25, 0.3) is 0 Å². The predicted molar refractivity (Wildman–Crippen MR) is 162 cm³/mol. The number of nitrogens with zero attached hydrogens (tertiary/aromatic N) is 6. The van der Waals surface area contributed by atoms with Crippen molar-refractivity contribution >= 4 is 30.1 Å². The van der Waals surface area contributed by atoms with Crippen LogP contribution in [0.3, 0.4) is 0 Å². The van der Waals surface area contributed by atoms with Crippen molar-refractivity contribution in [3.8, 4) is 17.3 Å². The molecule has 2 N–H and O–H groups in total. The fraction of sp³-hybridized carbons (Fsp3) is 0.281. The smallest absolute Gasteiger partial charge is 0.123 e. The van der Waals surface area contributed by atoms with E-state index in [1.54, 1.807) is 24.5 Å². The van der Waals surface area contributed by atoms with Crippen molar-refractivity contribution in [1.82, 2.24) is 25.0 Å².